The van der Waals surface area contributed by atoms with Crippen molar-refractivity contribution in [2.45, 2.75) is 19.8 Å². The fraction of sp³-hybridized carbons (Fsp3) is 0.208. The van der Waals surface area contributed by atoms with E-state index in [0.29, 0.717) is 39.3 Å². The first-order chi connectivity index (χ1) is 15.0. The second-order valence-corrected chi connectivity index (χ2v) is 8.14. The van der Waals surface area contributed by atoms with Crippen molar-refractivity contribution in [2.24, 2.45) is 0 Å². The van der Waals surface area contributed by atoms with Gasteiger partial charge < -0.3 is 14.5 Å². The molecule has 0 bridgehead atoms. The number of H-pyrrole nitrogens is 1. The van der Waals surface area contributed by atoms with Crippen LogP contribution in [0.2, 0.25) is 0 Å². The Hall–Kier alpha value is -3.45. The van der Waals surface area contributed by atoms with Crippen molar-refractivity contribution in [1.82, 2.24) is 9.97 Å². The van der Waals surface area contributed by atoms with Gasteiger partial charge in [-0.05, 0) is 35.7 Å². The van der Waals surface area contributed by atoms with Gasteiger partial charge in [0.15, 0.2) is 0 Å². The fourth-order valence-corrected chi connectivity index (χ4v) is 4.47. The van der Waals surface area contributed by atoms with Gasteiger partial charge in [0.25, 0.3) is 5.56 Å². The molecule has 2 aromatic heterocycles. The topological polar surface area (TPSA) is 81.3 Å². The zero-order valence-corrected chi connectivity index (χ0v) is 18.1. The molecule has 7 heteroatoms. The van der Waals surface area contributed by atoms with E-state index in [2.05, 4.69) is 9.97 Å². The summed E-state index contributed by atoms with van der Waals surface area (Å²) in [6, 6.07) is 17.4. The van der Waals surface area contributed by atoms with Crippen LogP contribution in [0.3, 0.4) is 0 Å². The van der Waals surface area contributed by atoms with Gasteiger partial charge >= 0.3 is 5.97 Å². The van der Waals surface area contributed by atoms with E-state index in [1.807, 2.05) is 54.6 Å². The highest BCUT2D eigenvalue weighted by atomic mass is 32.1. The van der Waals surface area contributed by atoms with Crippen molar-refractivity contribution in [3.63, 3.8) is 0 Å². The molecule has 0 aliphatic heterocycles. The second-order valence-electron chi connectivity index (χ2n) is 7.15. The molecule has 4 rings (SSSR count). The van der Waals surface area contributed by atoms with Crippen LogP contribution in [-0.4, -0.2) is 29.7 Å². The minimum Gasteiger partial charge on any atom is -0.497 e. The molecule has 0 amide bonds. The second kappa shape index (κ2) is 9.14. The minimum absolute atomic E-state index is 0.245. The summed E-state index contributed by atoms with van der Waals surface area (Å²) in [5.74, 6) is 0.894. The lowest BCUT2D eigenvalue weighted by molar-refractivity contribution is 0.0514. The van der Waals surface area contributed by atoms with Gasteiger partial charge in [0.05, 0.1) is 19.1 Å². The Balaban J connectivity index is 1.52. The largest absolute Gasteiger partial charge is 0.497 e. The average molecular weight is 435 g/mol. The standard InChI is InChI=1S/C24H22N2O4S/c1-15-20-22(27)25-19(14-17-8-10-18(29-2)11-9-17)26-23(20)31-21(15)24(28)30-13-12-16-6-4-3-5-7-16/h3-11H,12-14H2,1-2H3,(H,25,26,27). The molecule has 31 heavy (non-hydrogen) atoms. The number of nitrogens with zero attached hydrogens (tertiary/aromatic N) is 1. The van der Waals surface area contributed by atoms with E-state index in [9.17, 15) is 9.59 Å². The number of benzene rings is 2. The number of nitrogens with one attached hydrogen (secondary N) is 1. The van der Waals surface area contributed by atoms with E-state index in [0.717, 1.165) is 16.9 Å². The predicted molar refractivity (Wildman–Crippen MR) is 121 cm³/mol. The average Bonchev–Trinajstić information content (AvgIpc) is 3.12. The van der Waals surface area contributed by atoms with Crippen LogP contribution in [0, 0.1) is 6.92 Å². The lowest BCUT2D eigenvalue weighted by Gasteiger charge is -2.04. The van der Waals surface area contributed by atoms with Crippen LogP contribution in [-0.2, 0) is 17.6 Å². The number of carbonyl (C=O) groups is 1. The molecule has 0 aliphatic carbocycles. The molecule has 0 saturated carbocycles. The molecule has 0 aliphatic rings. The Kier molecular flexibility index (Phi) is 6.13. The van der Waals surface area contributed by atoms with E-state index >= 15 is 0 Å². The number of fused-ring (bicyclic) bond motifs is 1. The Bertz CT molecular complexity index is 1260. The molecule has 2 aromatic carbocycles. The van der Waals surface area contributed by atoms with Crippen molar-refractivity contribution in [2.75, 3.05) is 13.7 Å². The number of methoxy groups -OCH3 is 1. The molecule has 1 N–H and O–H groups in total. The van der Waals surface area contributed by atoms with Crippen LogP contribution in [0.5, 0.6) is 5.75 Å². The lowest BCUT2D eigenvalue weighted by Crippen LogP contribution is -2.12. The summed E-state index contributed by atoms with van der Waals surface area (Å²) < 4.78 is 10.6. The summed E-state index contributed by atoms with van der Waals surface area (Å²) >= 11 is 1.20. The zero-order valence-electron chi connectivity index (χ0n) is 17.3. The maximum Gasteiger partial charge on any atom is 0.348 e. The highest BCUT2D eigenvalue weighted by Gasteiger charge is 2.20. The van der Waals surface area contributed by atoms with Crippen LogP contribution < -0.4 is 10.3 Å². The smallest absolute Gasteiger partial charge is 0.348 e. The number of rotatable bonds is 7. The van der Waals surface area contributed by atoms with Crippen LogP contribution in [0.1, 0.15) is 32.2 Å². The predicted octanol–water partition coefficient (Wildman–Crippen LogP) is 4.29. The summed E-state index contributed by atoms with van der Waals surface area (Å²) in [5.41, 5.74) is 2.46. The monoisotopic (exact) mass is 434 g/mol. The first-order valence-electron chi connectivity index (χ1n) is 9.91. The van der Waals surface area contributed by atoms with Gasteiger partial charge in [-0.1, -0.05) is 42.5 Å². The van der Waals surface area contributed by atoms with Gasteiger partial charge in [0, 0.05) is 12.8 Å². The normalized spacial score (nSPS) is 10.9. The lowest BCUT2D eigenvalue weighted by atomic mass is 10.1. The van der Waals surface area contributed by atoms with Crippen molar-refractivity contribution >= 4 is 27.5 Å². The van der Waals surface area contributed by atoms with Gasteiger partial charge in [-0.15, -0.1) is 11.3 Å². The van der Waals surface area contributed by atoms with Crippen LogP contribution in [0.4, 0.5) is 0 Å². The quantitative estimate of drug-likeness (QED) is 0.439. The molecule has 0 radical (unpaired) electrons. The number of ether oxygens (including phenoxy) is 2. The Morgan fingerprint density at radius 1 is 1.06 bits per heavy atom. The number of aromatic amines is 1. The van der Waals surface area contributed by atoms with Crippen LogP contribution in [0.15, 0.2) is 59.4 Å². The molecule has 4 aromatic rings. The molecule has 0 atom stereocenters. The van der Waals surface area contributed by atoms with Gasteiger partial charge in [-0.2, -0.15) is 0 Å². The van der Waals surface area contributed by atoms with Crippen molar-refractivity contribution < 1.29 is 14.3 Å². The Labute approximate surface area is 183 Å². The van der Waals surface area contributed by atoms with Gasteiger partial charge in [-0.3, -0.25) is 4.79 Å². The Morgan fingerprint density at radius 2 is 1.81 bits per heavy atom. The van der Waals surface area contributed by atoms with E-state index in [-0.39, 0.29) is 12.2 Å². The molecule has 0 spiro atoms. The van der Waals surface area contributed by atoms with Crippen molar-refractivity contribution in [1.29, 1.82) is 0 Å². The van der Waals surface area contributed by atoms with Gasteiger partial charge in [-0.25, -0.2) is 9.78 Å². The van der Waals surface area contributed by atoms with E-state index in [4.69, 9.17) is 9.47 Å². The SMILES string of the molecule is COc1ccc(Cc2nc3sc(C(=O)OCCc4ccccc4)c(C)c3c(=O)[nH]2)cc1. The first kappa shape index (κ1) is 20.8. The summed E-state index contributed by atoms with van der Waals surface area (Å²) in [7, 11) is 1.62. The molecule has 0 fully saturated rings. The van der Waals surface area contributed by atoms with Crippen LogP contribution in [0.25, 0.3) is 10.2 Å². The fourth-order valence-electron chi connectivity index (χ4n) is 3.38. The summed E-state index contributed by atoms with van der Waals surface area (Å²) in [6.45, 7) is 2.04. The number of aryl methyl sites for hydroxylation is 1. The van der Waals surface area contributed by atoms with Crippen LogP contribution >= 0.6 is 11.3 Å². The first-order valence-corrected chi connectivity index (χ1v) is 10.7. The molecule has 0 unspecified atom stereocenters. The number of carbonyl (C=O) groups excluding carboxylic acids is 1. The van der Waals surface area contributed by atoms with Gasteiger partial charge in [0.2, 0.25) is 0 Å². The number of aromatic nitrogens is 2. The van der Waals surface area contributed by atoms with E-state index < -0.39 is 5.97 Å². The number of hydrogen-bond donors (Lipinski definition) is 1. The summed E-state index contributed by atoms with van der Waals surface area (Å²) in [5, 5.41) is 0.443. The third-order valence-electron chi connectivity index (χ3n) is 5.03. The van der Waals surface area contributed by atoms with Gasteiger partial charge in [0.1, 0.15) is 21.3 Å². The zero-order chi connectivity index (χ0) is 21.8. The number of hydrogen-bond acceptors (Lipinski definition) is 6. The van der Waals surface area contributed by atoms with E-state index in [1.165, 1.54) is 11.3 Å². The van der Waals surface area contributed by atoms with Crippen molar-refractivity contribution in [3.05, 3.63) is 92.3 Å². The van der Waals surface area contributed by atoms with Crippen molar-refractivity contribution in [3.8, 4) is 5.75 Å². The third kappa shape index (κ3) is 4.67. The van der Waals surface area contributed by atoms with E-state index in [1.54, 1.807) is 14.0 Å². The third-order valence-corrected chi connectivity index (χ3v) is 6.20. The molecular weight excluding hydrogens is 412 g/mol. The maximum atomic E-state index is 12.7. The molecule has 2 heterocycles. The molecule has 158 valence electrons. The Morgan fingerprint density at radius 3 is 2.52 bits per heavy atom. The number of esters is 1. The highest BCUT2D eigenvalue weighted by Crippen LogP contribution is 2.28. The number of thiophene rings is 1. The highest BCUT2D eigenvalue weighted by molar-refractivity contribution is 7.20. The molecule has 0 saturated heterocycles. The minimum atomic E-state index is -0.424. The molecule has 6 nitrogen and oxygen atoms in total. The maximum absolute atomic E-state index is 12.7. The molecular formula is C24H22N2O4S. The summed E-state index contributed by atoms with van der Waals surface area (Å²) in [4.78, 5) is 33.7. The summed E-state index contributed by atoms with van der Waals surface area (Å²) in [6.07, 6.45) is 1.12.